The van der Waals surface area contributed by atoms with Crippen LogP contribution in [-0.2, 0) is 0 Å². The van der Waals surface area contributed by atoms with E-state index in [9.17, 15) is 5.11 Å². The molecule has 0 aliphatic heterocycles. The van der Waals surface area contributed by atoms with Crippen LogP contribution in [0.1, 0.15) is 26.7 Å². The van der Waals surface area contributed by atoms with E-state index in [1.54, 1.807) is 0 Å². The largest absolute Gasteiger partial charge is 0.394 e. The summed E-state index contributed by atoms with van der Waals surface area (Å²) in [5, 5.41) is 12.6. The van der Waals surface area contributed by atoms with Crippen molar-refractivity contribution in [3.8, 4) is 0 Å². The normalized spacial score (nSPS) is 21.9. The highest BCUT2D eigenvalue weighted by atomic mass is 16.3. The lowest BCUT2D eigenvalue weighted by molar-refractivity contribution is 0.131. The van der Waals surface area contributed by atoms with Crippen molar-refractivity contribution in [1.29, 1.82) is 0 Å². The number of aliphatic hydroxyl groups excluding tert-OH is 1. The summed E-state index contributed by atoms with van der Waals surface area (Å²) in [4.78, 5) is 2.35. The quantitative estimate of drug-likeness (QED) is 0.632. The first-order chi connectivity index (χ1) is 6.11. The number of rotatable bonds is 6. The Morgan fingerprint density at radius 1 is 1.54 bits per heavy atom. The molecule has 1 rings (SSSR count). The maximum absolute atomic E-state index is 9.28. The Balaban J connectivity index is 2.36. The van der Waals surface area contributed by atoms with E-state index >= 15 is 0 Å². The number of aliphatic hydroxyl groups is 1. The molecule has 0 aromatic heterocycles. The van der Waals surface area contributed by atoms with Gasteiger partial charge in [0.1, 0.15) is 0 Å². The minimum Gasteiger partial charge on any atom is -0.394 e. The van der Waals surface area contributed by atoms with Gasteiger partial charge in [0.15, 0.2) is 0 Å². The van der Waals surface area contributed by atoms with E-state index in [0.717, 1.165) is 19.1 Å². The van der Waals surface area contributed by atoms with Crippen LogP contribution in [0, 0.1) is 0 Å². The molecule has 0 radical (unpaired) electrons. The molecular weight excluding hydrogens is 164 g/mol. The molecule has 1 atom stereocenters. The van der Waals surface area contributed by atoms with Crippen LogP contribution in [0.15, 0.2) is 0 Å². The van der Waals surface area contributed by atoms with Crippen LogP contribution in [0.4, 0.5) is 0 Å². The molecule has 0 aromatic carbocycles. The van der Waals surface area contributed by atoms with E-state index in [0.29, 0.717) is 0 Å². The lowest BCUT2D eigenvalue weighted by Gasteiger charge is -2.33. The second-order valence-electron chi connectivity index (χ2n) is 4.40. The average Bonchev–Trinajstić information content (AvgIpc) is 2.87. The smallest absolute Gasteiger partial charge is 0.0623 e. The van der Waals surface area contributed by atoms with Crippen molar-refractivity contribution in [2.24, 2.45) is 0 Å². The molecule has 0 saturated heterocycles. The number of hydrogen-bond acceptors (Lipinski definition) is 3. The summed E-state index contributed by atoms with van der Waals surface area (Å²) in [5.74, 6) is 0. The molecule has 78 valence electrons. The molecule has 0 heterocycles. The minimum atomic E-state index is -0.133. The molecule has 0 amide bonds. The van der Waals surface area contributed by atoms with Gasteiger partial charge in [0, 0.05) is 12.6 Å². The average molecular weight is 186 g/mol. The summed E-state index contributed by atoms with van der Waals surface area (Å²) < 4.78 is 0. The van der Waals surface area contributed by atoms with Gasteiger partial charge in [-0.1, -0.05) is 6.92 Å². The minimum absolute atomic E-state index is 0.133. The van der Waals surface area contributed by atoms with Crippen molar-refractivity contribution < 1.29 is 5.11 Å². The van der Waals surface area contributed by atoms with Crippen LogP contribution in [0.25, 0.3) is 0 Å². The highest BCUT2D eigenvalue weighted by molar-refractivity contribution is 4.90. The molecule has 1 fully saturated rings. The van der Waals surface area contributed by atoms with Gasteiger partial charge in [-0.05, 0) is 33.4 Å². The van der Waals surface area contributed by atoms with Crippen molar-refractivity contribution >= 4 is 0 Å². The number of likely N-dealkylation sites (N-methyl/N-ethyl adjacent to an activating group) is 2. The highest BCUT2D eigenvalue weighted by Gasteiger charge is 2.31. The van der Waals surface area contributed by atoms with Gasteiger partial charge in [-0.3, -0.25) is 0 Å². The maximum atomic E-state index is 9.28. The van der Waals surface area contributed by atoms with Crippen molar-refractivity contribution in [3.63, 3.8) is 0 Å². The molecule has 1 aliphatic carbocycles. The summed E-state index contributed by atoms with van der Waals surface area (Å²) in [5.41, 5.74) is -0.133. The second kappa shape index (κ2) is 4.40. The van der Waals surface area contributed by atoms with E-state index in [2.05, 4.69) is 31.1 Å². The van der Waals surface area contributed by atoms with Gasteiger partial charge in [0.25, 0.3) is 0 Å². The van der Waals surface area contributed by atoms with Gasteiger partial charge in [-0.25, -0.2) is 0 Å². The van der Waals surface area contributed by atoms with E-state index in [1.165, 1.54) is 12.8 Å². The lowest BCUT2D eigenvalue weighted by Crippen LogP contribution is -2.53. The Morgan fingerprint density at radius 3 is 2.54 bits per heavy atom. The van der Waals surface area contributed by atoms with Crippen molar-refractivity contribution in [2.75, 3.05) is 26.7 Å². The third-order valence-electron chi connectivity index (χ3n) is 2.72. The monoisotopic (exact) mass is 186 g/mol. The fourth-order valence-corrected chi connectivity index (χ4v) is 1.78. The lowest BCUT2D eigenvalue weighted by atomic mass is 10.0. The second-order valence-corrected chi connectivity index (χ2v) is 4.40. The zero-order valence-electron chi connectivity index (χ0n) is 9.01. The van der Waals surface area contributed by atoms with Gasteiger partial charge in [0.2, 0.25) is 0 Å². The zero-order valence-corrected chi connectivity index (χ0v) is 9.01. The molecule has 3 nitrogen and oxygen atoms in total. The van der Waals surface area contributed by atoms with E-state index in [-0.39, 0.29) is 12.1 Å². The molecule has 1 saturated carbocycles. The Labute approximate surface area is 81.1 Å². The van der Waals surface area contributed by atoms with E-state index in [1.807, 2.05) is 0 Å². The third kappa shape index (κ3) is 3.25. The molecule has 3 heteroatoms. The molecule has 2 N–H and O–H groups in total. The highest BCUT2D eigenvalue weighted by Crippen LogP contribution is 2.26. The molecule has 0 bridgehead atoms. The van der Waals surface area contributed by atoms with Crippen LogP contribution in [-0.4, -0.2) is 48.3 Å². The zero-order chi connectivity index (χ0) is 9.90. The fourth-order valence-electron chi connectivity index (χ4n) is 1.78. The van der Waals surface area contributed by atoms with Gasteiger partial charge in [-0.2, -0.15) is 0 Å². The molecular formula is C10H22N2O. The van der Waals surface area contributed by atoms with Gasteiger partial charge < -0.3 is 15.3 Å². The van der Waals surface area contributed by atoms with E-state index in [4.69, 9.17) is 0 Å². The molecule has 0 spiro atoms. The van der Waals surface area contributed by atoms with Gasteiger partial charge in [-0.15, -0.1) is 0 Å². The Hall–Kier alpha value is -0.120. The fraction of sp³-hybridized carbons (Fsp3) is 1.00. The summed E-state index contributed by atoms with van der Waals surface area (Å²) >= 11 is 0. The van der Waals surface area contributed by atoms with Crippen LogP contribution >= 0.6 is 0 Å². The number of hydrogen-bond donors (Lipinski definition) is 2. The van der Waals surface area contributed by atoms with Crippen LogP contribution in [0.2, 0.25) is 0 Å². The third-order valence-corrected chi connectivity index (χ3v) is 2.72. The van der Waals surface area contributed by atoms with Crippen LogP contribution in [0.5, 0.6) is 0 Å². The standard InChI is InChI=1S/C10H22N2O/c1-4-11-10(2,8-13)7-12(3)9-5-6-9/h9,11,13H,4-8H2,1-3H3. The topological polar surface area (TPSA) is 35.5 Å². The van der Waals surface area contributed by atoms with Crippen LogP contribution in [0.3, 0.4) is 0 Å². The van der Waals surface area contributed by atoms with Gasteiger partial charge in [0.05, 0.1) is 12.1 Å². The summed E-state index contributed by atoms with van der Waals surface area (Å²) in [6, 6.07) is 0.768. The summed E-state index contributed by atoms with van der Waals surface area (Å²) in [6.07, 6.45) is 2.65. The summed E-state index contributed by atoms with van der Waals surface area (Å²) in [7, 11) is 2.14. The number of nitrogens with one attached hydrogen (secondary N) is 1. The van der Waals surface area contributed by atoms with E-state index < -0.39 is 0 Å². The predicted octanol–water partition coefficient (Wildman–Crippen LogP) is 0.441. The SMILES string of the molecule is CCNC(C)(CO)CN(C)C1CC1. The number of nitrogens with zero attached hydrogens (tertiary/aromatic N) is 1. The van der Waals surface area contributed by atoms with Crippen molar-refractivity contribution in [1.82, 2.24) is 10.2 Å². The van der Waals surface area contributed by atoms with Crippen molar-refractivity contribution in [2.45, 2.75) is 38.3 Å². The predicted molar refractivity (Wildman–Crippen MR) is 54.8 cm³/mol. The molecule has 1 aliphatic rings. The molecule has 13 heavy (non-hydrogen) atoms. The molecule has 1 unspecified atom stereocenters. The van der Waals surface area contributed by atoms with Gasteiger partial charge >= 0.3 is 0 Å². The molecule has 0 aromatic rings. The first-order valence-electron chi connectivity index (χ1n) is 5.17. The Bertz CT molecular complexity index is 159. The first-order valence-corrected chi connectivity index (χ1v) is 5.17. The first kappa shape index (κ1) is 11.0. The van der Waals surface area contributed by atoms with Crippen molar-refractivity contribution in [3.05, 3.63) is 0 Å². The Morgan fingerprint density at radius 2 is 2.15 bits per heavy atom. The summed E-state index contributed by atoms with van der Waals surface area (Å²) in [6.45, 7) is 6.20. The van der Waals surface area contributed by atoms with Crippen LogP contribution < -0.4 is 5.32 Å². The maximum Gasteiger partial charge on any atom is 0.0623 e. The Kier molecular flexibility index (Phi) is 3.71.